The van der Waals surface area contributed by atoms with Gasteiger partial charge in [-0.1, -0.05) is 12.1 Å². The first-order valence-electron chi connectivity index (χ1n) is 4.86. The number of benzene rings is 1. The molecule has 84 valence electrons. The first-order chi connectivity index (χ1) is 8.33. The van der Waals surface area contributed by atoms with Gasteiger partial charge in [0, 0.05) is 4.90 Å². The van der Waals surface area contributed by atoms with Crippen molar-refractivity contribution in [3.8, 4) is 17.7 Å². The zero-order valence-electron chi connectivity index (χ0n) is 9.12. The fourth-order valence-corrected chi connectivity index (χ4v) is 1.77. The summed E-state index contributed by atoms with van der Waals surface area (Å²) in [5.74, 6) is 1.12. The van der Waals surface area contributed by atoms with Gasteiger partial charge in [0.05, 0.1) is 12.4 Å². The van der Waals surface area contributed by atoms with Gasteiger partial charge < -0.3 is 4.74 Å². The average molecular weight is 243 g/mol. The molecule has 0 saturated carbocycles. The van der Waals surface area contributed by atoms with Crippen molar-refractivity contribution in [2.24, 2.45) is 0 Å². The minimum Gasteiger partial charge on any atom is -0.436 e. The van der Waals surface area contributed by atoms with E-state index in [1.54, 1.807) is 11.8 Å². The summed E-state index contributed by atoms with van der Waals surface area (Å²) in [4.78, 5) is 8.92. The molecule has 0 amide bonds. The Morgan fingerprint density at radius 3 is 2.71 bits per heavy atom. The number of hydrogen-bond donors (Lipinski definition) is 0. The Morgan fingerprint density at radius 2 is 2.06 bits per heavy atom. The molecule has 2 rings (SSSR count). The molecule has 1 aromatic carbocycles. The number of nitrogens with zero attached hydrogens (tertiary/aromatic N) is 3. The average Bonchev–Trinajstić information content (AvgIpc) is 2.40. The second-order valence-corrected chi connectivity index (χ2v) is 3.95. The lowest BCUT2D eigenvalue weighted by Gasteiger charge is -2.07. The largest absolute Gasteiger partial charge is 0.436 e. The molecule has 4 nitrogen and oxygen atoms in total. The van der Waals surface area contributed by atoms with Gasteiger partial charge in [0.25, 0.3) is 0 Å². The normalized spacial score (nSPS) is 9.65. The molecule has 17 heavy (non-hydrogen) atoms. The SMILES string of the molecule is CSc1ccccc1Oc1cnc(C#N)cn1. The molecular formula is C12H9N3OS. The fraction of sp³-hybridized carbons (Fsp3) is 0.0833. The Morgan fingerprint density at radius 1 is 1.24 bits per heavy atom. The van der Waals surface area contributed by atoms with Gasteiger partial charge in [0.15, 0.2) is 5.69 Å². The van der Waals surface area contributed by atoms with Crippen molar-refractivity contribution in [1.29, 1.82) is 5.26 Å². The van der Waals surface area contributed by atoms with E-state index < -0.39 is 0 Å². The molecule has 0 aliphatic rings. The van der Waals surface area contributed by atoms with E-state index in [2.05, 4.69) is 9.97 Å². The van der Waals surface area contributed by atoms with Crippen molar-refractivity contribution >= 4 is 11.8 Å². The third kappa shape index (κ3) is 2.74. The van der Waals surface area contributed by atoms with Crippen LogP contribution in [0.4, 0.5) is 0 Å². The van der Waals surface area contributed by atoms with Gasteiger partial charge in [-0.3, -0.25) is 0 Å². The van der Waals surface area contributed by atoms with Crippen molar-refractivity contribution in [3.05, 3.63) is 42.4 Å². The molecule has 1 heterocycles. The summed E-state index contributed by atoms with van der Waals surface area (Å²) < 4.78 is 5.60. The van der Waals surface area contributed by atoms with Gasteiger partial charge in [-0.15, -0.1) is 11.8 Å². The van der Waals surface area contributed by atoms with Crippen LogP contribution in [0.1, 0.15) is 5.69 Å². The van der Waals surface area contributed by atoms with Gasteiger partial charge in [-0.2, -0.15) is 5.26 Å². The molecule has 0 fully saturated rings. The lowest BCUT2D eigenvalue weighted by Crippen LogP contribution is -1.92. The molecule has 0 saturated heterocycles. The van der Waals surface area contributed by atoms with Crippen LogP contribution in [0.25, 0.3) is 0 Å². The van der Waals surface area contributed by atoms with Gasteiger partial charge >= 0.3 is 0 Å². The molecule has 0 unspecified atom stereocenters. The lowest BCUT2D eigenvalue weighted by atomic mass is 10.3. The van der Waals surface area contributed by atoms with Crippen LogP contribution in [0.2, 0.25) is 0 Å². The first-order valence-corrected chi connectivity index (χ1v) is 6.09. The number of hydrogen-bond acceptors (Lipinski definition) is 5. The summed E-state index contributed by atoms with van der Waals surface area (Å²) in [5, 5.41) is 8.60. The maximum Gasteiger partial charge on any atom is 0.237 e. The van der Waals surface area contributed by atoms with Crippen LogP contribution in [0.5, 0.6) is 11.6 Å². The molecule has 0 N–H and O–H groups in total. The van der Waals surface area contributed by atoms with E-state index in [4.69, 9.17) is 10.00 Å². The first kappa shape index (κ1) is 11.4. The van der Waals surface area contributed by atoms with E-state index in [1.807, 2.05) is 36.6 Å². The predicted octanol–water partition coefficient (Wildman–Crippen LogP) is 2.86. The van der Waals surface area contributed by atoms with Gasteiger partial charge in [-0.25, -0.2) is 9.97 Å². The summed E-state index contributed by atoms with van der Waals surface area (Å²) in [5.41, 5.74) is 0.274. The zero-order chi connectivity index (χ0) is 12.1. The van der Waals surface area contributed by atoms with Crippen molar-refractivity contribution in [2.45, 2.75) is 4.90 Å². The number of nitriles is 1. The Hall–Kier alpha value is -2.06. The number of aromatic nitrogens is 2. The van der Waals surface area contributed by atoms with E-state index >= 15 is 0 Å². The van der Waals surface area contributed by atoms with Crippen LogP contribution in [0.3, 0.4) is 0 Å². The second kappa shape index (κ2) is 5.32. The van der Waals surface area contributed by atoms with E-state index in [0.29, 0.717) is 5.88 Å². The third-order valence-electron chi connectivity index (χ3n) is 2.03. The standard InChI is InChI=1S/C12H9N3OS/c1-17-11-5-3-2-4-10(11)16-12-8-14-9(6-13)7-15-12/h2-5,7-8H,1H3. The minimum absolute atomic E-state index is 0.274. The molecule has 0 aliphatic carbocycles. The highest BCUT2D eigenvalue weighted by atomic mass is 32.2. The molecule has 0 atom stereocenters. The lowest BCUT2D eigenvalue weighted by molar-refractivity contribution is 0.449. The monoisotopic (exact) mass is 243 g/mol. The van der Waals surface area contributed by atoms with Crippen LogP contribution in [0, 0.1) is 11.3 Å². The predicted molar refractivity (Wildman–Crippen MR) is 65.0 cm³/mol. The molecule has 0 radical (unpaired) electrons. The van der Waals surface area contributed by atoms with Crippen molar-refractivity contribution in [3.63, 3.8) is 0 Å². The van der Waals surface area contributed by atoms with E-state index in [0.717, 1.165) is 10.6 Å². The molecular weight excluding hydrogens is 234 g/mol. The van der Waals surface area contributed by atoms with E-state index in [-0.39, 0.29) is 5.69 Å². The Balaban J connectivity index is 2.22. The Bertz CT molecular complexity index is 548. The maximum absolute atomic E-state index is 8.60. The summed E-state index contributed by atoms with van der Waals surface area (Å²) in [6.07, 6.45) is 4.80. The van der Waals surface area contributed by atoms with Crippen LogP contribution < -0.4 is 4.74 Å². The van der Waals surface area contributed by atoms with Gasteiger partial charge in [-0.05, 0) is 18.4 Å². The highest BCUT2D eigenvalue weighted by Crippen LogP contribution is 2.29. The van der Waals surface area contributed by atoms with Crippen LogP contribution in [-0.2, 0) is 0 Å². The number of thioether (sulfide) groups is 1. The molecule has 0 bridgehead atoms. The number of para-hydroxylation sites is 1. The number of ether oxygens (including phenoxy) is 1. The van der Waals surface area contributed by atoms with Gasteiger partial charge in [0.2, 0.25) is 5.88 Å². The maximum atomic E-state index is 8.60. The smallest absolute Gasteiger partial charge is 0.237 e. The highest BCUT2D eigenvalue weighted by Gasteiger charge is 2.04. The molecule has 2 aromatic rings. The quantitative estimate of drug-likeness (QED) is 0.776. The van der Waals surface area contributed by atoms with Crippen LogP contribution in [-0.4, -0.2) is 16.2 Å². The Labute approximate surface area is 103 Å². The molecule has 5 heteroatoms. The van der Waals surface area contributed by atoms with Crippen LogP contribution >= 0.6 is 11.8 Å². The Kier molecular flexibility index (Phi) is 3.58. The van der Waals surface area contributed by atoms with Crippen molar-refractivity contribution in [2.75, 3.05) is 6.26 Å². The van der Waals surface area contributed by atoms with E-state index in [1.165, 1.54) is 12.4 Å². The van der Waals surface area contributed by atoms with Crippen LogP contribution in [0.15, 0.2) is 41.6 Å². The summed E-state index contributed by atoms with van der Waals surface area (Å²) in [6, 6.07) is 9.59. The summed E-state index contributed by atoms with van der Waals surface area (Å²) in [7, 11) is 0. The van der Waals surface area contributed by atoms with Crippen molar-refractivity contribution in [1.82, 2.24) is 9.97 Å². The summed E-state index contributed by atoms with van der Waals surface area (Å²) in [6.45, 7) is 0. The topological polar surface area (TPSA) is 58.8 Å². The zero-order valence-corrected chi connectivity index (χ0v) is 9.94. The molecule has 1 aromatic heterocycles. The third-order valence-corrected chi connectivity index (χ3v) is 2.80. The highest BCUT2D eigenvalue weighted by molar-refractivity contribution is 7.98. The molecule has 0 aliphatic heterocycles. The second-order valence-electron chi connectivity index (χ2n) is 3.10. The fourth-order valence-electron chi connectivity index (χ4n) is 1.24. The van der Waals surface area contributed by atoms with E-state index in [9.17, 15) is 0 Å². The minimum atomic E-state index is 0.274. The van der Waals surface area contributed by atoms with Gasteiger partial charge in [0.1, 0.15) is 11.8 Å². The number of rotatable bonds is 3. The summed E-state index contributed by atoms with van der Waals surface area (Å²) >= 11 is 1.60. The molecule has 0 spiro atoms. The van der Waals surface area contributed by atoms with Crippen molar-refractivity contribution < 1.29 is 4.74 Å².